The number of nitrogens with zero attached hydrogens (tertiary/aromatic N) is 6. The molecule has 4 aromatic carbocycles. The maximum Gasteiger partial charge on any atom is 0.321 e. The summed E-state index contributed by atoms with van der Waals surface area (Å²) in [7, 11) is 2.00. The van der Waals surface area contributed by atoms with E-state index in [0.29, 0.717) is 132 Å². The van der Waals surface area contributed by atoms with Gasteiger partial charge < -0.3 is 62.5 Å². The van der Waals surface area contributed by atoms with Crippen LogP contribution in [0.5, 0.6) is 0 Å². The van der Waals surface area contributed by atoms with Crippen LogP contribution in [0.2, 0.25) is 0 Å². The summed E-state index contributed by atoms with van der Waals surface area (Å²) in [5.41, 5.74) is 8.43. The van der Waals surface area contributed by atoms with Gasteiger partial charge in [0.25, 0.3) is 0 Å². The lowest BCUT2D eigenvalue weighted by atomic mass is 9.95. The number of unbranched alkanes of at least 4 members (excludes halogenated alkanes) is 3. The molecule has 0 saturated carbocycles. The highest BCUT2D eigenvalue weighted by molar-refractivity contribution is 8.06. The molecule has 4 heterocycles. The molecule has 7 aromatic rings. The molecule has 410 valence electrons. The maximum atomic E-state index is 13.9. The van der Waals surface area contributed by atoms with E-state index in [2.05, 4.69) is 42.3 Å². The molecule has 3 aromatic heterocycles. The third-order valence-electron chi connectivity index (χ3n) is 12.9. The van der Waals surface area contributed by atoms with Crippen molar-refractivity contribution in [1.82, 2.24) is 30.3 Å². The highest BCUT2D eigenvalue weighted by atomic mass is 32.5. The van der Waals surface area contributed by atoms with Crippen LogP contribution in [0.25, 0.3) is 55.8 Å². The second-order valence-corrected chi connectivity index (χ2v) is 21.1. The molecule has 1 aliphatic rings. The molecular weight excluding hydrogens is 1030 g/mol. The van der Waals surface area contributed by atoms with Crippen LogP contribution in [0.15, 0.2) is 100 Å². The van der Waals surface area contributed by atoms with Crippen molar-refractivity contribution < 1.29 is 52.0 Å². The Morgan fingerprint density at radius 3 is 2.18 bits per heavy atom. The van der Waals surface area contributed by atoms with Gasteiger partial charge in [0, 0.05) is 61.4 Å². The van der Waals surface area contributed by atoms with Gasteiger partial charge in [-0.15, -0.1) is 5.10 Å². The quantitative estimate of drug-likeness (QED) is 0.0246. The summed E-state index contributed by atoms with van der Waals surface area (Å²) in [6.45, 7) is 4.72. The molecule has 8 rings (SSSR count). The summed E-state index contributed by atoms with van der Waals surface area (Å²) in [5, 5.41) is 12.6. The van der Waals surface area contributed by atoms with Crippen LogP contribution in [0.4, 0.5) is 11.4 Å². The number of nitrogens with one attached hydrogen (secondary N) is 2. The third kappa shape index (κ3) is 16.2. The number of carbonyl (C=O) groups is 2. The fraction of sp³-hybridized carbons (Fsp3) is 0.418. The zero-order valence-electron chi connectivity index (χ0n) is 43.5. The number of anilines is 2. The van der Waals surface area contributed by atoms with Gasteiger partial charge in [-0.05, 0) is 79.6 Å². The minimum Gasteiger partial charge on any atom is -0.453 e. The number of likely N-dealkylation sites (N-methyl/N-ethyl adjacent to an activating group) is 1. The summed E-state index contributed by atoms with van der Waals surface area (Å²) in [6.07, 6.45) is 3.10. The van der Waals surface area contributed by atoms with Gasteiger partial charge in [0.15, 0.2) is 11.0 Å². The van der Waals surface area contributed by atoms with Crippen molar-refractivity contribution in [1.29, 1.82) is 0 Å². The number of hydrogen-bond acceptors (Lipinski definition) is 15. The van der Waals surface area contributed by atoms with E-state index in [9.17, 15) is 14.4 Å². The molecule has 0 spiro atoms. The Morgan fingerprint density at radius 1 is 0.792 bits per heavy atom. The second-order valence-electron chi connectivity index (χ2n) is 18.4. The Kier molecular flexibility index (Phi) is 21.0. The Balaban J connectivity index is 0.673. The molecule has 0 radical (unpaired) electrons. The predicted octanol–water partition coefficient (Wildman–Crippen LogP) is 7.32. The van der Waals surface area contributed by atoms with E-state index in [0.717, 1.165) is 64.2 Å². The molecule has 0 atom stereocenters. The maximum absolute atomic E-state index is 13.9. The predicted molar refractivity (Wildman–Crippen MR) is 297 cm³/mol. The monoisotopic (exact) mass is 1090 g/mol. The zero-order valence-corrected chi connectivity index (χ0v) is 45.2. The van der Waals surface area contributed by atoms with E-state index in [1.54, 1.807) is 11.0 Å². The van der Waals surface area contributed by atoms with Crippen molar-refractivity contribution in [2.75, 3.05) is 103 Å². The minimum atomic E-state index is -3.62. The molecule has 0 aliphatic carbocycles. The molecule has 4 N–H and O–H groups in total. The molecule has 0 bridgehead atoms. The molecule has 2 amide bonds. The summed E-state index contributed by atoms with van der Waals surface area (Å²) in [5.74, 6) is 0.872. The van der Waals surface area contributed by atoms with Crippen LogP contribution >= 0.6 is 6.72 Å². The first-order chi connectivity index (χ1) is 37.4. The number of imidazole rings is 1. The largest absolute Gasteiger partial charge is 0.453 e. The number of fused-ring (bicyclic) bond motifs is 8. The molecule has 20 nitrogen and oxygen atoms in total. The lowest BCUT2D eigenvalue weighted by molar-refractivity contribution is -0.125. The number of aromatic amines is 1. The van der Waals surface area contributed by atoms with Crippen LogP contribution in [-0.4, -0.2) is 139 Å². The normalized spacial score (nSPS) is 12.3. The Morgan fingerprint density at radius 2 is 1.45 bits per heavy atom. The number of H-pyrrole nitrogens is 1. The SMILES string of the molecule is Cc1nc2c(ccc3c(=O)cc(-c4ccc(N(C)CCOCCOCCOCCOCCOCCn5nnc6c5-c5ccccc5CN(C(=O)CCC(=O)NCCCCCCOP(O)(O)=S)c5ccccc5-6)cc4)oc32)[nH]1. The summed E-state index contributed by atoms with van der Waals surface area (Å²) in [6, 6.07) is 28.6. The standard InChI is InChI=1S/C55H67N8O12PS/c1-39-57-46-20-19-45-48(64)37-49(75-55(45)53(46)58-39)40-15-17-42(18-16-40)61(2)24-27-69-29-31-71-33-35-73-36-34-72-32-30-70-28-25-63-54-43-12-6-5-11-41(43)38-62(47-14-8-7-13-44(47)52(54)59-60-63)51(66)22-21-50(65)56-23-9-3-4-10-26-74-76(67,68)77/h5-8,11-20,37H,3-4,9-10,21-36,38H2,1-2H3,(H,56,65)(H,57,58)(H2,67,68,77). The number of amides is 2. The summed E-state index contributed by atoms with van der Waals surface area (Å²) < 4.78 is 41.7. The van der Waals surface area contributed by atoms with Gasteiger partial charge in [0.2, 0.25) is 11.8 Å². The molecule has 1 aliphatic heterocycles. The second kappa shape index (κ2) is 28.4. The average Bonchev–Trinajstić information content (AvgIpc) is 4.04. The van der Waals surface area contributed by atoms with E-state index >= 15 is 0 Å². The number of aromatic nitrogens is 5. The van der Waals surface area contributed by atoms with Crippen LogP contribution < -0.4 is 20.5 Å². The number of carbonyl (C=O) groups excluding carboxylic acids is 2. The van der Waals surface area contributed by atoms with E-state index in [-0.39, 0.29) is 36.7 Å². The number of benzene rings is 4. The van der Waals surface area contributed by atoms with Gasteiger partial charge in [0.05, 0.1) is 108 Å². The fourth-order valence-electron chi connectivity index (χ4n) is 8.92. The van der Waals surface area contributed by atoms with Crippen LogP contribution in [0, 0.1) is 6.92 Å². The van der Waals surface area contributed by atoms with Crippen molar-refractivity contribution in [3.8, 4) is 33.8 Å². The third-order valence-corrected chi connectivity index (χ3v) is 13.7. The fourth-order valence-corrected chi connectivity index (χ4v) is 9.51. The topological polar surface area (TPSA) is 238 Å². The van der Waals surface area contributed by atoms with Gasteiger partial charge in [-0.25, -0.2) is 9.67 Å². The van der Waals surface area contributed by atoms with Gasteiger partial charge in [-0.3, -0.25) is 14.4 Å². The van der Waals surface area contributed by atoms with Gasteiger partial charge in [-0.2, -0.15) is 0 Å². The number of para-hydroxylation sites is 1. The molecule has 77 heavy (non-hydrogen) atoms. The molecule has 0 saturated heterocycles. The summed E-state index contributed by atoms with van der Waals surface area (Å²) in [4.78, 5) is 69.4. The molecule has 0 fully saturated rings. The van der Waals surface area contributed by atoms with Crippen LogP contribution in [-0.2, 0) is 62.7 Å². The number of rotatable bonds is 31. The van der Waals surface area contributed by atoms with Crippen molar-refractivity contribution in [2.45, 2.75) is 58.5 Å². The highest BCUT2D eigenvalue weighted by Gasteiger charge is 2.29. The molecule has 0 unspecified atom stereocenters. The van der Waals surface area contributed by atoms with E-state index < -0.39 is 6.72 Å². The van der Waals surface area contributed by atoms with Gasteiger partial charge in [0.1, 0.15) is 22.8 Å². The smallest absolute Gasteiger partial charge is 0.321 e. The molecule has 22 heteroatoms. The first-order valence-electron chi connectivity index (χ1n) is 26.0. The van der Waals surface area contributed by atoms with Crippen molar-refractivity contribution >= 4 is 63.7 Å². The van der Waals surface area contributed by atoms with Crippen molar-refractivity contribution in [3.63, 3.8) is 0 Å². The van der Waals surface area contributed by atoms with Crippen molar-refractivity contribution in [2.24, 2.45) is 0 Å². The first kappa shape index (κ1) is 57.0. The van der Waals surface area contributed by atoms with E-state index in [1.165, 1.54) is 6.07 Å². The lowest BCUT2D eigenvalue weighted by Crippen LogP contribution is -2.33. The van der Waals surface area contributed by atoms with Gasteiger partial charge in [-0.1, -0.05) is 60.5 Å². The van der Waals surface area contributed by atoms with Crippen molar-refractivity contribution in [3.05, 3.63) is 113 Å². The zero-order chi connectivity index (χ0) is 54.0. The Hall–Kier alpha value is -6.23. The highest BCUT2D eigenvalue weighted by Crippen LogP contribution is 2.41. The Labute approximate surface area is 451 Å². The lowest BCUT2D eigenvalue weighted by Gasteiger charge is -2.28. The molecular formula is C55H67N8O12PS. The van der Waals surface area contributed by atoms with Crippen LogP contribution in [0.1, 0.15) is 49.9 Å². The van der Waals surface area contributed by atoms with Crippen LogP contribution in [0.3, 0.4) is 0 Å². The first-order valence-corrected chi connectivity index (χ1v) is 28.6. The van der Waals surface area contributed by atoms with E-state index in [1.807, 2.05) is 97.5 Å². The Bertz CT molecular complexity index is 3160. The average molecular weight is 1100 g/mol. The van der Waals surface area contributed by atoms with Gasteiger partial charge >= 0.3 is 6.72 Å². The summed E-state index contributed by atoms with van der Waals surface area (Å²) >= 11 is 4.45. The number of aryl methyl sites for hydroxylation is 1. The number of ether oxygens (including phenoxy) is 5. The van der Waals surface area contributed by atoms with E-state index in [4.69, 9.17) is 42.4 Å². The number of hydrogen-bond donors (Lipinski definition) is 4. The minimum absolute atomic E-state index is 0.0326.